The first kappa shape index (κ1) is 17.2. The zero-order chi connectivity index (χ0) is 17.9. The molecule has 1 fully saturated rings. The lowest BCUT2D eigenvalue weighted by Crippen LogP contribution is -2.56. The minimum absolute atomic E-state index is 0.127. The number of para-hydroxylation sites is 2. The number of aliphatic carboxylic acids is 1. The van der Waals surface area contributed by atoms with Crippen LogP contribution in [0.2, 0.25) is 0 Å². The highest BCUT2D eigenvalue weighted by molar-refractivity contribution is 6.02. The van der Waals surface area contributed by atoms with Gasteiger partial charge in [0.1, 0.15) is 12.3 Å². The van der Waals surface area contributed by atoms with Crippen LogP contribution in [0.1, 0.15) is 19.3 Å². The molecule has 134 valence electrons. The van der Waals surface area contributed by atoms with Gasteiger partial charge >= 0.3 is 5.97 Å². The number of hydrogen-bond acceptors (Lipinski definition) is 5. The lowest BCUT2D eigenvalue weighted by molar-refractivity contribution is -0.140. The molecule has 0 aliphatic carbocycles. The van der Waals surface area contributed by atoms with E-state index in [9.17, 15) is 14.4 Å². The highest BCUT2D eigenvalue weighted by Crippen LogP contribution is 2.31. The number of carboxylic acids is 1. The van der Waals surface area contributed by atoms with Crippen molar-refractivity contribution in [1.29, 1.82) is 0 Å². The Kier molecular flexibility index (Phi) is 4.89. The topological polar surface area (TPSA) is 105 Å². The fraction of sp³-hybridized carbons (Fsp3) is 0.471. The van der Waals surface area contributed by atoms with E-state index in [1.54, 1.807) is 24.3 Å². The number of nitrogens with one attached hydrogen (secondary N) is 1. The Hall–Kier alpha value is -2.61. The summed E-state index contributed by atoms with van der Waals surface area (Å²) < 4.78 is 10.6. The van der Waals surface area contributed by atoms with Gasteiger partial charge in [0.15, 0.2) is 6.61 Å². The van der Waals surface area contributed by atoms with E-state index in [0.29, 0.717) is 37.5 Å². The Balaban J connectivity index is 1.73. The van der Waals surface area contributed by atoms with E-state index >= 15 is 0 Å². The van der Waals surface area contributed by atoms with E-state index in [0.717, 1.165) is 0 Å². The first-order valence-corrected chi connectivity index (χ1v) is 8.12. The van der Waals surface area contributed by atoms with Crippen molar-refractivity contribution in [2.24, 2.45) is 0 Å². The molecule has 0 unspecified atom stereocenters. The molecule has 2 N–H and O–H groups in total. The molecule has 3 rings (SSSR count). The van der Waals surface area contributed by atoms with Crippen molar-refractivity contribution in [3.05, 3.63) is 24.3 Å². The molecule has 2 heterocycles. The molecule has 0 atom stereocenters. The number of ether oxygens (including phenoxy) is 2. The Morgan fingerprint density at radius 3 is 2.68 bits per heavy atom. The van der Waals surface area contributed by atoms with Gasteiger partial charge in [-0.05, 0) is 25.0 Å². The lowest BCUT2D eigenvalue weighted by Gasteiger charge is -2.37. The van der Waals surface area contributed by atoms with E-state index in [2.05, 4.69) is 5.32 Å². The summed E-state index contributed by atoms with van der Waals surface area (Å²) in [6, 6.07) is 6.99. The predicted octanol–water partition coefficient (Wildman–Crippen LogP) is 0.552. The Bertz CT molecular complexity index is 683. The number of anilines is 1. The van der Waals surface area contributed by atoms with E-state index in [1.165, 1.54) is 4.90 Å². The summed E-state index contributed by atoms with van der Waals surface area (Å²) in [5.74, 6) is -1.14. The second-order valence-corrected chi connectivity index (χ2v) is 6.25. The summed E-state index contributed by atoms with van der Waals surface area (Å²) in [6.45, 7) is 0.486. The summed E-state index contributed by atoms with van der Waals surface area (Å²) in [5.41, 5.74) is -0.302. The second kappa shape index (κ2) is 7.10. The quantitative estimate of drug-likeness (QED) is 0.805. The van der Waals surface area contributed by atoms with Gasteiger partial charge in [0.25, 0.3) is 5.91 Å². The fourth-order valence-corrected chi connectivity index (χ4v) is 3.20. The van der Waals surface area contributed by atoms with Crippen LogP contribution in [0, 0.1) is 0 Å². The molecular weight excluding hydrogens is 328 g/mol. The van der Waals surface area contributed by atoms with Crippen molar-refractivity contribution in [2.45, 2.75) is 24.8 Å². The zero-order valence-corrected chi connectivity index (χ0v) is 13.7. The third-order valence-electron chi connectivity index (χ3n) is 4.45. The third kappa shape index (κ3) is 3.90. The number of carbonyl (C=O) groups excluding carboxylic acids is 2. The largest absolute Gasteiger partial charge is 0.482 e. The molecule has 0 spiro atoms. The molecule has 1 aromatic carbocycles. The van der Waals surface area contributed by atoms with Crippen molar-refractivity contribution >= 4 is 23.5 Å². The van der Waals surface area contributed by atoms with E-state index < -0.39 is 17.4 Å². The van der Waals surface area contributed by atoms with Crippen LogP contribution < -0.4 is 15.0 Å². The van der Waals surface area contributed by atoms with Gasteiger partial charge in [-0.3, -0.25) is 19.3 Å². The first-order chi connectivity index (χ1) is 12.0. The van der Waals surface area contributed by atoms with Crippen molar-refractivity contribution in [2.75, 3.05) is 31.3 Å². The lowest BCUT2D eigenvalue weighted by atomic mass is 9.86. The average molecular weight is 348 g/mol. The summed E-state index contributed by atoms with van der Waals surface area (Å²) in [6.07, 6.45) is 0.688. The molecule has 8 heteroatoms. The van der Waals surface area contributed by atoms with Crippen LogP contribution in [0.5, 0.6) is 5.75 Å². The summed E-state index contributed by atoms with van der Waals surface area (Å²) in [4.78, 5) is 37.2. The van der Waals surface area contributed by atoms with Gasteiger partial charge in [-0.15, -0.1) is 0 Å². The third-order valence-corrected chi connectivity index (χ3v) is 4.45. The number of fused-ring (bicyclic) bond motifs is 1. The van der Waals surface area contributed by atoms with Gasteiger partial charge in [0.05, 0.1) is 17.6 Å². The number of hydrogen-bond donors (Lipinski definition) is 2. The number of amides is 2. The van der Waals surface area contributed by atoms with Crippen LogP contribution in [0.3, 0.4) is 0 Å². The van der Waals surface area contributed by atoms with Gasteiger partial charge in [-0.25, -0.2) is 0 Å². The number of nitrogens with zero attached hydrogens (tertiary/aromatic N) is 1. The summed E-state index contributed by atoms with van der Waals surface area (Å²) in [7, 11) is 0. The number of benzene rings is 1. The van der Waals surface area contributed by atoms with Crippen molar-refractivity contribution < 1.29 is 29.0 Å². The maximum atomic E-state index is 12.5. The second-order valence-electron chi connectivity index (χ2n) is 6.25. The summed E-state index contributed by atoms with van der Waals surface area (Å²) in [5, 5.41) is 12.0. The Morgan fingerprint density at radius 2 is 1.96 bits per heavy atom. The maximum absolute atomic E-state index is 12.5. The molecule has 25 heavy (non-hydrogen) atoms. The first-order valence-electron chi connectivity index (χ1n) is 8.12. The highest BCUT2D eigenvalue weighted by Gasteiger charge is 2.37. The van der Waals surface area contributed by atoms with Gasteiger partial charge in [-0.2, -0.15) is 0 Å². The Morgan fingerprint density at radius 1 is 1.24 bits per heavy atom. The predicted molar refractivity (Wildman–Crippen MR) is 87.5 cm³/mol. The van der Waals surface area contributed by atoms with Crippen LogP contribution in [0.25, 0.3) is 0 Å². The van der Waals surface area contributed by atoms with E-state index in [1.807, 2.05) is 0 Å². The van der Waals surface area contributed by atoms with Crippen LogP contribution in [0.15, 0.2) is 24.3 Å². The molecule has 8 nitrogen and oxygen atoms in total. The smallest absolute Gasteiger partial charge is 0.305 e. The number of rotatable bonds is 5. The maximum Gasteiger partial charge on any atom is 0.305 e. The highest BCUT2D eigenvalue weighted by atomic mass is 16.5. The molecule has 0 bridgehead atoms. The minimum Gasteiger partial charge on any atom is -0.482 e. The standard InChI is InChI=1S/C17H20N2O6/c20-14(18-17(9-16(22)23)5-7-24-8-6-17)10-19-12-3-1-2-4-13(12)25-11-15(19)21/h1-4H,5-11H2,(H,18,20)(H,22,23). The molecule has 0 aromatic heterocycles. The van der Waals surface area contributed by atoms with Gasteiger partial charge in [0, 0.05) is 13.2 Å². The molecule has 2 aliphatic heterocycles. The van der Waals surface area contributed by atoms with Gasteiger partial charge in [0.2, 0.25) is 5.91 Å². The minimum atomic E-state index is -0.977. The van der Waals surface area contributed by atoms with Crippen LogP contribution in [0.4, 0.5) is 5.69 Å². The molecular formula is C17H20N2O6. The Labute approximate surface area is 144 Å². The molecule has 0 saturated carbocycles. The average Bonchev–Trinajstić information content (AvgIpc) is 2.57. The zero-order valence-electron chi connectivity index (χ0n) is 13.7. The SMILES string of the molecule is O=C(O)CC1(NC(=O)CN2C(=O)COc3ccccc32)CCOCC1. The molecule has 0 radical (unpaired) electrons. The van der Waals surface area contributed by atoms with Crippen molar-refractivity contribution in [1.82, 2.24) is 5.32 Å². The molecule has 2 amide bonds. The normalized spacial score (nSPS) is 18.9. The number of carbonyl (C=O) groups is 3. The molecule has 2 aliphatic rings. The summed E-state index contributed by atoms with van der Waals surface area (Å²) >= 11 is 0. The molecule has 1 saturated heterocycles. The van der Waals surface area contributed by atoms with Gasteiger partial charge < -0.3 is 19.9 Å². The van der Waals surface area contributed by atoms with E-state index in [4.69, 9.17) is 14.6 Å². The van der Waals surface area contributed by atoms with Crippen LogP contribution in [-0.2, 0) is 19.1 Å². The fourth-order valence-electron chi connectivity index (χ4n) is 3.20. The monoisotopic (exact) mass is 348 g/mol. The van der Waals surface area contributed by atoms with Crippen molar-refractivity contribution in [3.63, 3.8) is 0 Å². The molecule has 1 aromatic rings. The van der Waals surface area contributed by atoms with Crippen LogP contribution in [-0.4, -0.2) is 54.8 Å². The number of carboxylic acid groups (broad SMARTS) is 1. The van der Waals surface area contributed by atoms with Gasteiger partial charge in [-0.1, -0.05) is 12.1 Å². The van der Waals surface area contributed by atoms with Crippen molar-refractivity contribution in [3.8, 4) is 5.75 Å². The van der Waals surface area contributed by atoms with Crippen LogP contribution >= 0.6 is 0 Å². The van der Waals surface area contributed by atoms with E-state index in [-0.39, 0.29) is 25.5 Å².